The number of hydrogen-bond donors (Lipinski definition) is 0. The molecule has 0 aromatic heterocycles. The molecule has 3 aromatic rings. The Morgan fingerprint density at radius 1 is 0.897 bits per heavy atom. The Labute approximate surface area is 181 Å². The van der Waals surface area contributed by atoms with E-state index in [4.69, 9.17) is 32.7 Å². The first-order valence-electron chi connectivity index (χ1n) is 9.41. The zero-order valence-electron chi connectivity index (χ0n) is 16.7. The first-order chi connectivity index (χ1) is 14.0. The maximum Gasteiger partial charge on any atom is 0.161 e. The van der Waals surface area contributed by atoms with Crippen molar-refractivity contribution >= 4 is 35.1 Å². The van der Waals surface area contributed by atoms with Crippen LogP contribution in [0.25, 0.3) is 0 Å². The summed E-state index contributed by atoms with van der Waals surface area (Å²) in [6.45, 7) is 6.92. The molecule has 0 radical (unpaired) electrons. The van der Waals surface area contributed by atoms with Gasteiger partial charge in [0.15, 0.2) is 11.5 Å². The summed E-state index contributed by atoms with van der Waals surface area (Å²) in [6, 6.07) is 17.4. The molecule has 5 heteroatoms. The molecule has 0 unspecified atom stereocenters. The van der Waals surface area contributed by atoms with Crippen LogP contribution in [-0.2, 0) is 6.61 Å². The van der Waals surface area contributed by atoms with Crippen LogP contribution in [0.5, 0.6) is 11.5 Å². The molecular formula is C24H23Cl2NO2. The maximum absolute atomic E-state index is 6.23. The van der Waals surface area contributed by atoms with E-state index in [9.17, 15) is 0 Å². The van der Waals surface area contributed by atoms with Crippen molar-refractivity contribution < 1.29 is 9.47 Å². The van der Waals surface area contributed by atoms with Crippen LogP contribution in [0.3, 0.4) is 0 Å². The van der Waals surface area contributed by atoms with Crippen molar-refractivity contribution in [3.63, 3.8) is 0 Å². The van der Waals surface area contributed by atoms with Gasteiger partial charge in [-0.05, 0) is 73.9 Å². The Kier molecular flexibility index (Phi) is 7.18. The van der Waals surface area contributed by atoms with Gasteiger partial charge in [0, 0.05) is 21.8 Å². The summed E-state index contributed by atoms with van der Waals surface area (Å²) in [5.74, 6) is 1.32. The lowest BCUT2D eigenvalue weighted by Crippen LogP contribution is -2.01. The van der Waals surface area contributed by atoms with Crippen LogP contribution in [0.4, 0.5) is 5.69 Å². The minimum absolute atomic E-state index is 0.325. The largest absolute Gasteiger partial charge is 0.490 e. The third-order valence-corrected chi connectivity index (χ3v) is 4.97. The van der Waals surface area contributed by atoms with Gasteiger partial charge in [0.05, 0.1) is 12.3 Å². The predicted octanol–water partition coefficient (Wildman–Crippen LogP) is 7.34. The Balaban J connectivity index is 1.79. The fraction of sp³-hybridized carbons (Fsp3) is 0.208. The molecule has 29 heavy (non-hydrogen) atoms. The summed E-state index contributed by atoms with van der Waals surface area (Å²) in [4.78, 5) is 4.63. The van der Waals surface area contributed by atoms with Crippen LogP contribution in [-0.4, -0.2) is 12.8 Å². The minimum Gasteiger partial charge on any atom is -0.490 e. The molecule has 0 heterocycles. The molecule has 0 aliphatic rings. The van der Waals surface area contributed by atoms with Crippen molar-refractivity contribution in [1.29, 1.82) is 0 Å². The summed E-state index contributed by atoms with van der Waals surface area (Å²) in [5, 5.41) is 1.17. The van der Waals surface area contributed by atoms with Crippen LogP contribution in [0, 0.1) is 13.8 Å². The van der Waals surface area contributed by atoms with Gasteiger partial charge in [0.2, 0.25) is 0 Å². The van der Waals surface area contributed by atoms with Crippen molar-refractivity contribution in [1.82, 2.24) is 0 Å². The van der Waals surface area contributed by atoms with E-state index in [0.29, 0.717) is 34.8 Å². The Hall–Kier alpha value is -2.49. The van der Waals surface area contributed by atoms with Crippen molar-refractivity contribution in [2.45, 2.75) is 27.4 Å². The van der Waals surface area contributed by atoms with Gasteiger partial charge >= 0.3 is 0 Å². The topological polar surface area (TPSA) is 30.8 Å². The number of aliphatic imine (C=N–C) groups is 1. The van der Waals surface area contributed by atoms with Gasteiger partial charge in [0.25, 0.3) is 0 Å². The standard InChI is InChI=1S/C24H23Cl2NO2/c1-4-28-24-12-18(14-27-22-11-16(2)5-6-17(22)3)7-10-23(24)29-15-19-8-9-20(25)13-21(19)26/h5-14H,4,15H2,1-3H3. The molecule has 0 saturated heterocycles. The molecule has 0 aliphatic heterocycles. The number of ether oxygens (including phenoxy) is 2. The molecule has 0 amide bonds. The first-order valence-corrected chi connectivity index (χ1v) is 10.2. The molecule has 3 aromatic carbocycles. The van der Waals surface area contributed by atoms with Gasteiger partial charge in [0.1, 0.15) is 6.61 Å². The lowest BCUT2D eigenvalue weighted by molar-refractivity contribution is 0.269. The van der Waals surface area contributed by atoms with Gasteiger partial charge in [-0.1, -0.05) is 41.4 Å². The molecule has 0 aliphatic carbocycles. The lowest BCUT2D eigenvalue weighted by Gasteiger charge is -2.13. The van der Waals surface area contributed by atoms with Gasteiger partial charge in [-0.3, -0.25) is 4.99 Å². The van der Waals surface area contributed by atoms with Gasteiger partial charge in [-0.15, -0.1) is 0 Å². The highest BCUT2D eigenvalue weighted by atomic mass is 35.5. The third kappa shape index (κ3) is 5.75. The fourth-order valence-electron chi connectivity index (χ4n) is 2.79. The number of rotatable bonds is 7. The summed E-state index contributed by atoms with van der Waals surface area (Å²) >= 11 is 12.2. The van der Waals surface area contributed by atoms with Crippen LogP contribution in [0.1, 0.15) is 29.2 Å². The fourth-order valence-corrected chi connectivity index (χ4v) is 3.25. The van der Waals surface area contributed by atoms with E-state index in [1.807, 2.05) is 37.4 Å². The Bertz CT molecular complexity index is 1030. The molecule has 150 valence electrons. The molecular weight excluding hydrogens is 405 g/mol. The second-order valence-electron chi connectivity index (χ2n) is 6.71. The summed E-state index contributed by atoms with van der Waals surface area (Å²) < 4.78 is 11.7. The lowest BCUT2D eigenvalue weighted by atomic mass is 10.1. The molecule has 0 spiro atoms. The molecule has 0 bridgehead atoms. The third-order valence-electron chi connectivity index (χ3n) is 4.38. The van der Waals surface area contributed by atoms with Crippen molar-refractivity contribution in [3.8, 4) is 11.5 Å². The van der Waals surface area contributed by atoms with Crippen LogP contribution in [0.15, 0.2) is 59.6 Å². The normalized spacial score (nSPS) is 11.1. The summed E-state index contributed by atoms with van der Waals surface area (Å²) in [7, 11) is 0. The van der Waals surface area contributed by atoms with Crippen LogP contribution >= 0.6 is 23.2 Å². The second kappa shape index (κ2) is 9.82. The highest BCUT2D eigenvalue weighted by Crippen LogP contribution is 2.30. The average molecular weight is 428 g/mol. The van der Waals surface area contributed by atoms with E-state index < -0.39 is 0 Å². The van der Waals surface area contributed by atoms with Crippen LogP contribution < -0.4 is 9.47 Å². The van der Waals surface area contributed by atoms with E-state index in [-0.39, 0.29) is 0 Å². The number of halogens is 2. The number of benzene rings is 3. The number of aryl methyl sites for hydroxylation is 2. The SMILES string of the molecule is CCOc1cc(C=Nc2cc(C)ccc2C)ccc1OCc1ccc(Cl)cc1Cl. The average Bonchev–Trinajstić information content (AvgIpc) is 2.69. The summed E-state index contributed by atoms with van der Waals surface area (Å²) in [5.41, 5.74) is 5.07. The van der Waals surface area contributed by atoms with Gasteiger partial charge in [-0.2, -0.15) is 0 Å². The molecule has 0 atom stereocenters. The van der Waals surface area contributed by atoms with E-state index in [0.717, 1.165) is 22.4 Å². The zero-order valence-corrected chi connectivity index (χ0v) is 18.2. The van der Waals surface area contributed by atoms with E-state index in [1.54, 1.807) is 12.1 Å². The van der Waals surface area contributed by atoms with E-state index in [2.05, 4.69) is 37.0 Å². The molecule has 3 nitrogen and oxygen atoms in total. The smallest absolute Gasteiger partial charge is 0.161 e. The maximum atomic E-state index is 6.23. The summed E-state index contributed by atoms with van der Waals surface area (Å²) in [6.07, 6.45) is 1.84. The first kappa shape index (κ1) is 21.2. The van der Waals surface area contributed by atoms with Crippen LogP contribution in [0.2, 0.25) is 10.0 Å². The minimum atomic E-state index is 0.325. The van der Waals surface area contributed by atoms with E-state index >= 15 is 0 Å². The molecule has 0 saturated carbocycles. The monoisotopic (exact) mass is 427 g/mol. The van der Waals surface area contributed by atoms with Gasteiger partial charge in [-0.25, -0.2) is 0 Å². The predicted molar refractivity (Wildman–Crippen MR) is 122 cm³/mol. The van der Waals surface area contributed by atoms with Crippen molar-refractivity contribution in [2.75, 3.05) is 6.61 Å². The van der Waals surface area contributed by atoms with Gasteiger partial charge < -0.3 is 9.47 Å². The Morgan fingerprint density at radius 2 is 1.72 bits per heavy atom. The second-order valence-corrected chi connectivity index (χ2v) is 7.56. The molecule has 3 rings (SSSR count). The zero-order chi connectivity index (χ0) is 20.8. The number of nitrogens with zero attached hydrogens (tertiary/aromatic N) is 1. The quantitative estimate of drug-likeness (QED) is 0.369. The van der Waals surface area contributed by atoms with Crippen molar-refractivity contribution in [3.05, 3.63) is 86.9 Å². The highest BCUT2D eigenvalue weighted by molar-refractivity contribution is 6.35. The molecule has 0 N–H and O–H groups in total. The van der Waals surface area contributed by atoms with E-state index in [1.165, 1.54) is 5.56 Å². The highest BCUT2D eigenvalue weighted by Gasteiger charge is 2.08. The number of hydrogen-bond acceptors (Lipinski definition) is 3. The Morgan fingerprint density at radius 3 is 2.48 bits per heavy atom. The van der Waals surface area contributed by atoms with Crippen molar-refractivity contribution in [2.24, 2.45) is 4.99 Å². The molecule has 0 fully saturated rings.